The van der Waals surface area contributed by atoms with Gasteiger partial charge in [0.15, 0.2) is 5.11 Å². The number of hydrogen-bond donors (Lipinski definition) is 1. The van der Waals surface area contributed by atoms with Gasteiger partial charge in [-0.3, -0.25) is 4.98 Å². The maximum Gasteiger partial charge on any atom is 0.174 e. The Balaban J connectivity index is 1.70. The van der Waals surface area contributed by atoms with Crippen LogP contribution in [0, 0.1) is 20.8 Å². The molecular formula is C29H30N4S. The molecule has 0 saturated carbocycles. The van der Waals surface area contributed by atoms with Gasteiger partial charge in [-0.2, -0.15) is 0 Å². The van der Waals surface area contributed by atoms with Gasteiger partial charge in [-0.1, -0.05) is 43.3 Å². The number of rotatable bonds is 5. The number of pyridine rings is 1. The second-order valence-electron chi connectivity index (χ2n) is 8.98. The molecule has 1 aliphatic heterocycles. The zero-order chi connectivity index (χ0) is 23.8. The molecule has 34 heavy (non-hydrogen) atoms. The standard InChI is InChI=1S/C29H30N4S/c1-5-22-12-6-7-15-26(22)32-20(3)18-24(21(32)4)28-27(25-14-8-9-16-30-25)31-29(34)33(28)23-13-10-11-19(2)17-23/h6-18,27-28H,5H2,1-4H3,(H,31,34)/t27-,28-/m0/s1. The molecule has 5 heteroatoms. The van der Waals surface area contributed by atoms with Crippen LogP contribution >= 0.6 is 12.2 Å². The van der Waals surface area contributed by atoms with Crippen LogP contribution in [-0.2, 0) is 6.42 Å². The summed E-state index contributed by atoms with van der Waals surface area (Å²) in [6.07, 6.45) is 2.84. The van der Waals surface area contributed by atoms with Crippen molar-refractivity contribution in [1.82, 2.24) is 14.9 Å². The highest BCUT2D eigenvalue weighted by Gasteiger charge is 2.42. The fourth-order valence-electron chi connectivity index (χ4n) is 5.21. The second-order valence-corrected chi connectivity index (χ2v) is 9.37. The lowest BCUT2D eigenvalue weighted by Gasteiger charge is -2.28. The molecule has 4 nitrogen and oxygen atoms in total. The molecule has 2 aromatic carbocycles. The summed E-state index contributed by atoms with van der Waals surface area (Å²) in [6, 6.07) is 25.6. The average molecular weight is 467 g/mol. The summed E-state index contributed by atoms with van der Waals surface area (Å²) >= 11 is 5.92. The monoisotopic (exact) mass is 466 g/mol. The predicted molar refractivity (Wildman–Crippen MR) is 144 cm³/mol. The summed E-state index contributed by atoms with van der Waals surface area (Å²) in [6.45, 7) is 8.75. The third kappa shape index (κ3) is 3.80. The normalized spacial score (nSPS) is 17.8. The zero-order valence-corrected chi connectivity index (χ0v) is 20.9. The van der Waals surface area contributed by atoms with Crippen molar-refractivity contribution in [3.05, 3.63) is 113 Å². The first kappa shape index (κ1) is 22.4. The van der Waals surface area contributed by atoms with Crippen molar-refractivity contribution < 1.29 is 0 Å². The van der Waals surface area contributed by atoms with E-state index in [0.717, 1.165) is 22.9 Å². The largest absolute Gasteiger partial charge is 0.351 e. The molecule has 4 aromatic rings. The van der Waals surface area contributed by atoms with Crippen LogP contribution in [0.5, 0.6) is 0 Å². The maximum absolute atomic E-state index is 5.92. The minimum atomic E-state index is -0.0513. The van der Waals surface area contributed by atoms with Crippen LogP contribution in [0.2, 0.25) is 0 Å². The van der Waals surface area contributed by atoms with Crippen LogP contribution < -0.4 is 10.2 Å². The first-order valence-electron chi connectivity index (χ1n) is 11.8. The Morgan fingerprint density at radius 2 is 1.74 bits per heavy atom. The van der Waals surface area contributed by atoms with Gasteiger partial charge < -0.3 is 14.8 Å². The van der Waals surface area contributed by atoms with E-state index in [1.807, 2.05) is 18.3 Å². The lowest BCUT2D eigenvalue weighted by Crippen LogP contribution is -2.29. The van der Waals surface area contributed by atoms with E-state index in [1.54, 1.807) is 0 Å². The fraction of sp³-hybridized carbons (Fsp3) is 0.241. The highest BCUT2D eigenvalue weighted by Crippen LogP contribution is 2.44. The number of benzene rings is 2. The molecule has 0 unspecified atom stereocenters. The van der Waals surface area contributed by atoms with Gasteiger partial charge in [0, 0.05) is 29.0 Å². The van der Waals surface area contributed by atoms with Crippen molar-refractivity contribution in [3.8, 4) is 5.69 Å². The molecule has 3 heterocycles. The summed E-state index contributed by atoms with van der Waals surface area (Å²) in [5, 5.41) is 4.32. The van der Waals surface area contributed by atoms with Gasteiger partial charge >= 0.3 is 0 Å². The lowest BCUT2D eigenvalue weighted by atomic mass is 9.96. The molecule has 2 aromatic heterocycles. The van der Waals surface area contributed by atoms with Crippen molar-refractivity contribution in [2.75, 3.05) is 4.90 Å². The number of aromatic nitrogens is 2. The molecule has 0 spiro atoms. The van der Waals surface area contributed by atoms with Gasteiger partial charge in [0.2, 0.25) is 0 Å². The van der Waals surface area contributed by atoms with Gasteiger partial charge in [0.05, 0.1) is 17.8 Å². The Hall–Kier alpha value is -3.44. The van der Waals surface area contributed by atoms with Crippen molar-refractivity contribution in [1.29, 1.82) is 0 Å². The first-order valence-corrected chi connectivity index (χ1v) is 12.2. The minimum absolute atomic E-state index is 0.0158. The third-order valence-electron chi connectivity index (χ3n) is 6.78. The second kappa shape index (κ2) is 9.07. The molecule has 0 aliphatic carbocycles. The Morgan fingerprint density at radius 1 is 0.941 bits per heavy atom. The van der Waals surface area contributed by atoms with E-state index in [0.29, 0.717) is 0 Å². The third-order valence-corrected chi connectivity index (χ3v) is 7.09. The van der Waals surface area contributed by atoms with Gasteiger partial charge in [0.1, 0.15) is 0 Å². The molecule has 0 bridgehead atoms. The van der Waals surface area contributed by atoms with Crippen molar-refractivity contribution in [2.24, 2.45) is 0 Å². The Morgan fingerprint density at radius 3 is 2.47 bits per heavy atom. The van der Waals surface area contributed by atoms with E-state index in [9.17, 15) is 0 Å². The zero-order valence-electron chi connectivity index (χ0n) is 20.1. The number of hydrogen-bond acceptors (Lipinski definition) is 2. The summed E-state index contributed by atoms with van der Waals surface area (Å²) in [5.74, 6) is 0. The van der Waals surface area contributed by atoms with E-state index in [1.165, 1.54) is 33.8 Å². The first-order chi connectivity index (χ1) is 16.5. The van der Waals surface area contributed by atoms with Crippen molar-refractivity contribution >= 4 is 23.0 Å². The number of para-hydroxylation sites is 1. The van der Waals surface area contributed by atoms with Crippen molar-refractivity contribution in [2.45, 2.75) is 46.2 Å². The molecule has 0 radical (unpaired) electrons. The molecule has 1 saturated heterocycles. The van der Waals surface area contributed by atoms with Crippen LogP contribution in [0.3, 0.4) is 0 Å². The topological polar surface area (TPSA) is 33.1 Å². The number of anilines is 1. The number of aryl methyl sites for hydroxylation is 3. The summed E-state index contributed by atoms with van der Waals surface area (Å²) in [7, 11) is 0. The Kier molecular flexibility index (Phi) is 5.96. The Labute approximate surface area is 207 Å². The molecule has 1 fully saturated rings. The van der Waals surface area contributed by atoms with Crippen LogP contribution in [0.15, 0.2) is 79.0 Å². The number of nitrogens with one attached hydrogen (secondary N) is 1. The molecule has 1 aliphatic rings. The summed E-state index contributed by atoms with van der Waals surface area (Å²) in [5.41, 5.74) is 9.59. The van der Waals surface area contributed by atoms with Crippen LogP contribution in [0.4, 0.5) is 5.69 Å². The van der Waals surface area contributed by atoms with Gasteiger partial charge in [-0.15, -0.1) is 0 Å². The Bertz CT molecular complexity index is 1340. The summed E-state index contributed by atoms with van der Waals surface area (Å²) in [4.78, 5) is 6.97. The molecular weight excluding hydrogens is 436 g/mol. The SMILES string of the molecule is CCc1ccccc1-n1c(C)cc([C@H]2[C@H](c3ccccn3)NC(=S)N2c2cccc(C)c2)c1C. The van der Waals surface area contributed by atoms with E-state index < -0.39 is 0 Å². The van der Waals surface area contributed by atoms with Crippen LogP contribution in [0.1, 0.15) is 52.8 Å². The quantitative estimate of drug-likeness (QED) is 0.339. The highest BCUT2D eigenvalue weighted by atomic mass is 32.1. The predicted octanol–water partition coefficient (Wildman–Crippen LogP) is 6.54. The average Bonchev–Trinajstić information content (AvgIpc) is 3.34. The molecule has 0 amide bonds. The van der Waals surface area contributed by atoms with Crippen molar-refractivity contribution in [3.63, 3.8) is 0 Å². The number of thiocarbonyl (C=S) groups is 1. The minimum Gasteiger partial charge on any atom is -0.351 e. The molecule has 5 rings (SSSR count). The highest BCUT2D eigenvalue weighted by molar-refractivity contribution is 7.80. The van der Waals surface area contributed by atoms with E-state index in [-0.39, 0.29) is 12.1 Å². The van der Waals surface area contributed by atoms with Gasteiger partial charge in [-0.25, -0.2) is 0 Å². The van der Waals surface area contributed by atoms with E-state index in [2.05, 4.69) is 103 Å². The fourth-order valence-corrected chi connectivity index (χ4v) is 5.56. The van der Waals surface area contributed by atoms with E-state index in [4.69, 9.17) is 17.2 Å². The maximum atomic E-state index is 5.92. The molecule has 1 N–H and O–H groups in total. The smallest absolute Gasteiger partial charge is 0.174 e. The van der Waals surface area contributed by atoms with Gasteiger partial charge in [0.25, 0.3) is 0 Å². The molecule has 172 valence electrons. The van der Waals surface area contributed by atoms with Gasteiger partial charge in [-0.05, 0) is 92.5 Å². The number of nitrogens with zero attached hydrogens (tertiary/aromatic N) is 3. The lowest BCUT2D eigenvalue weighted by molar-refractivity contribution is 0.565. The van der Waals surface area contributed by atoms with Crippen LogP contribution in [0.25, 0.3) is 5.69 Å². The van der Waals surface area contributed by atoms with Crippen LogP contribution in [-0.4, -0.2) is 14.7 Å². The molecule has 2 atom stereocenters. The summed E-state index contributed by atoms with van der Waals surface area (Å²) < 4.78 is 2.39. The van der Waals surface area contributed by atoms with E-state index >= 15 is 0 Å².